The van der Waals surface area contributed by atoms with Crippen LogP contribution in [0.1, 0.15) is 10.4 Å². The summed E-state index contributed by atoms with van der Waals surface area (Å²) in [4.78, 5) is 11.1. The largest absolute Gasteiger partial charge is 0.291 e. The number of halogens is 1. The lowest BCUT2D eigenvalue weighted by Crippen LogP contribution is -1.98. The molecule has 0 fully saturated rings. The van der Waals surface area contributed by atoms with Crippen LogP contribution in [0.15, 0.2) is 29.6 Å². The Labute approximate surface area is 78.8 Å². The van der Waals surface area contributed by atoms with Gasteiger partial charge in [-0.05, 0) is 6.07 Å². The van der Waals surface area contributed by atoms with Crippen molar-refractivity contribution < 1.29 is 9.18 Å². The first-order chi connectivity index (χ1) is 6.33. The minimum absolute atomic E-state index is 0.433. The van der Waals surface area contributed by atoms with Crippen LogP contribution in [0.25, 0.3) is 10.1 Å². The topological polar surface area (TPSA) is 17.1 Å². The van der Waals surface area contributed by atoms with Crippen LogP contribution in [0.4, 0.5) is 4.39 Å². The van der Waals surface area contributed by atoms with Gasteiger partial charge in [-0.3, -0.25) is 4.79 Å². The van der Waals surface area contributed by atoms with E-state index >= 15 is 0 Å². The van der Waals surface area contributed by atoms with Gasteiger partial charge in [0.15, 0.2) is 12.5 Å². The number of ketones is 1. The minimum atomic E-state index is -0.916. The maximum absolute atomic E-state index is 12.1. The molecule has 3 heteroatoms. The molecule has 0 N–H and O–H groups in total. The summed E-state index contributed by atoms with van der Waals surface area (Å²) in [6.45, 7) is -0.916. The highest BCUT2D eigenvalue weighted by atomic mass is 32.1. The Morgan fingerprint density at radius 2 is 2.15 bits per heavy atom. The van der Waals surface area contributed by atoms with Gasteiger partial charge in [-0.15, -0.1) is 11.3 Å². The molecule has 13 heavy (non-hydrogen) atoms. The monoisotopic (exact) mass is 194 g/mol. The quantitative estimate of drug-likeness (QED) is 0.671. The van der Waals surface area contributed by atoms with E-state index in [4.69, 9.17) is 0 Å². The Balaban J connectivity index is 2.64. The SMILES string of the molecule is O=C(CF)c1csc2ccccc12. The van der Waals surface area contributed by atoms with Crippen LogP contribution < -0.4 is 0 Å². The van der Waals surface area contributed by atoms with Crippen molar-refractivity contribution in [3.63, 3.8) is 0 Å². The summed E-state index contributed by atoms with van der Waals surface area (Å²) >= 11 is 1.47. The third-order valence-electron chi connectivity index (χ3n) is 1.90. The fourth-order valence-electron chi connectivity index (χ4n) is 1.27. The van der Waals surface area contributed by atoms with Gasteiger partial charge in [-0.1, -0.05) is 18.2 Å². The van der Waals surface area contributed by atoms with E-state index in [9.17, 15) is 9.18 Å². The van der Waals surface area contributed by atoms with Gasteiger partial charge in [-0.2, -0.15) is 0 Å². The second-order valence-corrected chi connectivity index (χ2v) is 3.61. The van der Waals surface area contributed by atoms with Crippen molar-refractivity contribution in [2.24, 2.45) is 0 Å². The van der Waals surface area contributed by atoms with Gasteiger partial charge in [-0.25, -0.2) is 4.39 Å². The first-order valence-electron chi connectivity index (χ1n) is 3.88. The average Bonchev–Trinajstić information content (AvgIpc) is 2.60. The standard InChI is InChI=1S/C10H7FOS/c11-5-9(12)8-6-13-10-4-2-1-3-7(8)10/h1-4,6H,5H2. The number of rotatable bonds is 2. The van der Waals surface area contributed by atoms with E-state index in [2.05, 4.69) is 0 Å². The molecule has 0 atom stereocenters. The Morgan fingerprint density at radius 3 is 2.92 bits per heavy atom. The molecule has 0 radical (unpaired) electrons. The number of thiophene rings is 1. The number of carbonyl (C=O) groups excluding carboxylic acids is 1. The first-order valence-corrected chi connectivity index (χ1v) is 4.76. The van der Waals surface area contributed by atoms with E-state index in [0.717, 1.165) is 10.1 Å². The number of hydrogen-bond donors (Lipinski definition) is 0. The summed E-state index contributed by atoms with van der Waals surface area (Å²) in [5.41, 5.74) is 0.503. The van der Waals surface area contributed by atoms with Gasteiger partial charge < -0.3 is 0 Å². The summed E-state index contributed by atoms with van der Waals surface area (Å²) in [6, 6.07) is 7.52. The minimum Gasteiger partial charge on any atom is -0.291 e. The van der Waals surface area contributed by atoms with Gasteiger partial charge in [0.25, 0.3) is 0 Å². The molecule has 0 aliphatic rings. The fourth-order valence-corrected chi connectivity index (χ4v) is 2.23. The van der Waals surface area contributed by atoms with Crippen molar-refractivity contribution in [2.75, 3.05) is 6.67 Å². The maximum atomic E-state index is 12.1. The molecule has 0 spiro atoms. The van der Waals surface area contributed by atoms with Gasteiger partial charge in [0.2, 0.25) is 0 Å². The number of fused-ring (bicyclic) bond motifs is 1. The highest BCUT2D eigenvalue weighted by molar-refractivity contribution is 7.17. The molecule has 1 aromatic carbocycles. The van der Waals surface area contributed by atoms with Crippen LogP contribution >= 0.6 is 11.3 Å². The van der Waals surface area contributed by atoms with Crippen LogP contribution in [0.3, 0.4) is 0 Å². The molecule has 0 saturated carbocycles. The molecular weight excluding hydrogens is 187 g/mol. The van der Waals surface area contributed by atoms with Crippen LogP contribution in [0.2, 0.25) is 0 Å². The molecule has 1 nitrogen and oxygen atoms in total. The molecule has 0 bridgehead atoms. The number of carbonyl (C=O) groups is 1. The predicted octanol–water partition coefficient (Wildman–Crippen LogP) is 3.05. The van der Waals surface area contributed by atoms with Crippen LogP contribution in [0.5, 0.6) is 0 Å². The third-order valence-corrected chi connectivity index (χ3v) is 2.87. The Hall–Kier alpha value is -1.22. The summed E-state index contributed by atoms with van der Waals surface area (Å²) in [5.74, 6) is -0.433. The predicted molar refractivity (Wildman–Crippen MR) is 52.1 cm³/mol. The van der Waals surface area contributed by atoms with Crippen LogP contribution in [-0.4, -0.2) is 12.5 Å². The average molecular weight is 194 g/mol. The van der Waals surface area contributed by atoms with E-state index in [1.807, 2.05) is 24.3 Å². The molecule has 0 unspecified atom stereocenters. The molecule has 66 valence electrons. The van der Waals surface area contributed by atoms with E-state index < -0.39 is 12.5 Å². The summed E-state index contributed by atoms with van der Waals surface area (Å²) in [7, 11) is 0. The number of Topliss-reactive ketones (excluding diaryl/α,β-unsaturated/α-hetero) is 1. The molecule has 0 amide bonds. The van der Waals surface area contributed by atoms with Gasteiger partial charge >= 0.3 is 0 Å². The summed E-state index contributed by atoms with van der Waals surface area (Å²) < 4.78 is 13.2. The first kappa shape index (κ1) is 8.38. The van der Waals surface area contributed by atoms with Crippen molar-refractivity contribution in [3.05, 3.63) is 35.2 Å². The molecule has 0 aliphatic carbocycles. The molecule has 2 aromatic rings. The number of hydrogen-bond acceptors (Lipinski definition) is 2. The molecule has 1 aromatic heterocycles. The molecule has 1 heterocycles. The van der Waals surface area contributed by atoms with Crippen molar-refractivity contribution in [1.29, 1.82) is 0 Å². The van der Waals surface area contributed by atoms with Crippen molar-refractivity contribution >= 4 is 27.2 Å². The lowest BCUT2D eigenvalue weighted by atomic mass is 10.1. The number of benzene rings is 1. The second-order valence-electron chi connectivity index (χ2n) is 2.70. The van der Waals surface area contributed by atoms with Crippen LogP contribution in [0, 0.1) is 0 Å². The Bertz CT molecular complexity index is 447. The van der Waals surface area contributed by atoms with E-state index in [-0.39, 0.29) is 0 Å². The molecule has 0 saturated heterocycles. The Kier molecular flexibility index (Phi) is 2.10. The lowest BCUT2D eigenvalue weighted by Gasteiger charge is -1.92. The number of alkyl halides is 1. The zero-order valence-electron chi connectivity index (χ0n) is 6.79. The second kappa shape index (κ2) is 3.26. The van der Waals surface area contributed by atoms with Crippen LogP contribution in [-0.2, 0) is 0 Å². The van der Waals surface area contributed by atoms with Crippen molar-refractivity contribution in [3.8, 4) is 0 Å². The summed E-state index contributed by atoms with van der Waals surface area (Å²) in [6.07, 6.45) is 0. The van der Waals surface area contributed by atoms with E-state index in [0.29, 0.717) is 5.56 Å². The van der Waals surface area contributed by atoms with Crippen molar-refractivity contribution in [2.45, 2.75) is 0 Å². The highest BCUT2D eigenvalue weighted by Crippen LogP contribution is 2.25. The highest BCUT2D eigenvalue weighted by Gasteiger charge is 2.10. The Morgan fingerprint density at radius 1 is 1.38 bits per heavy atom. The van der Waals surface area contributed by atoms with Gasteiger partial charge in [0.05, 0.1) is 0 Å². The zero-order chi connectivity index (χ0) is 9.26. The van der Waals surface area contributed by atoms with Gasteiger partial charge in [0.1, 0.15) is 0 Å². The molecular formula is C10H7FOS. The van der Waals surface area contributed by atoms with E-state index in [1.165, 1.54) is 11.3 Å². The fraction of sp³-hybridized carbons (Fsp3) is 0.100. The molecule has 2 rings (SSSR count). The third kappa shape index (κ3) is 1.35. The maximum Gasteiger partial charge on any atom is 0.195 e. The smallest absolute Gasteiger partial charge is 0.195 e. The van der Waals surface area contributed by atoms with E-state index in [1.54, 1.807) is 5.38 Å². The zero-order valence-corrected chi connectivity index (χ0v) is 7.60. The van der Waals surface area contributed by atoms with Gasteiger partial charge in [0, 0.05) is 21.0 Å². The van der Waals surface area contributed by atoms with Crippen molar-refractivity contribution in [1.82, 2.24) is 0 Å². The molecule has 0 aliphatic heterocycles. The lowest BCUT2D eigenvalue weighted by molar-refractivity contribution is 0.0960. The normalized spacial score (nSPS) is 10.5. The summed E-state index contributed by atoms with van der Waals surface area (Å²) in [5, 5.41) is 2.57.